The summed E-state index contributed by atoms with van der Waals surface area (Å²) < 4.78 is 4.75. The van der Waals surface area contributed by atoms with Gasteiger partial charge in [-0.15, -0.1) is 0 Å². The Morgan fingerprint density at radius 1 is 1.47 bits per heavy atom. The number of nitrogens with zero attached hydrogens (tertiary/aromatic N) is 1. The summed E-state index contributed by atoms with van der Waals surface area (Å²) in [6.45, 7) is 1.84. The summed E-state index contributed by atoms with van der Waals surface area (Å²) in [4.78, 5) is 18.9. The summed E-state index contributed by atoms with van der Waals surface area (Å²) in [6, 6.07) is 3.13. The van der Waals surface area contributed by atoms with Crippen LogP contribution in [0.15, 0.2) is 12.1 Å². The molecule has 1 aromatic heterocycles. The number of benzene rings is 1. The SMILES string of the molecule is COCC(=O)NC(C)c1nc2cc(Cl)c(Cl)cc2[nH]1. The normalized spacial score (nSPS) is 12.6. The Hall–Kier alpha value is -1.30. The van der Waals surface area contributed by atoms with E-state index in [1.54, 1.807) is 12.1 Å². The van der Waals surface area contributed by atoms with Crippen LogP contribution in [0.3, 0.4) is 0 Å². The van der Waals surface area contributed by atoms with E-state index in [9.17, 15) is 4.79 Å². The van der Waals surface area contributed by atoms with E-state index in [0.29, 0.717) is 21.4 Å². The van der Waals surface area contributed by atoms with Crippen LogP contribution in [0, 0.1) is 0 Å². The van der Waals surface area contributed by atoms with Crippen LogP contribution in [-0.4, -0.2) is 29.6 Å². The summed E-state index contributed by atoms with van der Waals surface area (Å²) in [5, 5.41) is 3.67. The second kappa shape index (κ2) is 5.77. The second-order valence-corrected chi connectivity index (χ2v) is 4.94. The average Bonchev–Trinajstić information content (AvgIpc) is 2.73. The highest BCUT2D eigenvalue weighted by Gasteiger charge is 2.14. The maximum Gasteiger partial charge on any atom is 0.246 e. The third-order valence-electron chi connectivity index (χ3n) is 2.61. The lowest BCUT2D eigenvalue weighted by Gasteiger charge is -2.10. The minimum atomic E-state index is -0.257. The molecule has 0 spiro atoms. The number of H-pyrrole nitrogens is 1. The Bertz CT molecular complexity index is 573. The number of hydrogen-bond acceptors (Lipinski definition) is 3. The number of halogens is 2. The predicted molar refractivity (Wildman–Crippen MR) is 74.5 cm³/mol. The van der Waals surface area contributed by atoms with Crippen molar-refractivity contribution in [3.63, 3.8) is 0 Å². The number of fused-ring (bicyclic) bond motifs is 1. The second-order valence-electron chi connectivity index (χ2n) is 4.13. The van der Waals surface area contributed by atoms with Gasteiger partial charge in [-0.05, 0) is 19.1 Å². The smallest absolute Gasteiger partial charge is 0.246 e. The maximum absolute atomic E-state index is 11.4. The number of aromatic nitrogens is 2. The van der Waals surface area contributed by atoms with Crippen molar-refractivity contribution in [3.8, 4) is 0 Å². The number of imidazole rings is 1. The highest BCUT2D eigenvalue weighted by Crippen LogP contribution is 2.27. The molecule has 0 aliphatic carbocycles. The van der Waals surface area contributed by atoms with Gasteiger partial charge in [0.25, 0.3) is 0 Å². The lowest BCUT2D eigenvalue weighted by Crippen LogP contribution is -2.30. The first-order chi connectivity index (χ1) is 9.01. The van der Waals surface area contributed by atoms with Crippen molar-refractivity contribution in [3.05, 3.63) is 28.0 Å². The van der Waals surface area contributed by atoms with Gasteiger partial charge >= 0.3 is 0 Å². The van der Waals surface area contributed by atoms with E-state index in [1.165, 1.54) is 7.11 Å². The molecule has 0 aliphatic rings. The molecule has 1 amide bonds. The number of carbonyl (C=O) groups is 1. The average molecular weight is 302 g/mol. The number of nitrogens with one attached hydrogen (secondary N) is 2. The van der Waals surface area contributed by atoms with Crippen LogP contribution in [0.2, 0.25) is 10.0 Å². The lowest BCUT2D eigenvalue weighted by molar-refractivity contribution is -0.125. The van der Waals surface area contributed by atoms with Crippen molar-refractivity contribution in [2.24, 2.45) is 0 Å². The van der Waals surface area contributed by atoms with Crippen molar-refractivity contribution in [1.29, 1.82) is 0 Å². The first-order valence-corrected chi connectivity index (χ1v) is 6.40. The highest BCUT2D eigenvalue weighted by atomic mass is 35.5. The molecule has 1 aromatic carbocycles. The quantitative estimate of drug-likeness (QED) is 0.912. The fraction of sp³-hybridized carbons (Fsp3) is 0.333. The third kappa shape index (κ3) is 3.18. The van der Waals surface area contributed by atoms with Gasteiger partial charge in [-0.3, -0.25) is 4.79 Å². The van der Waals surface area contributed by atoms with E-state index >= 15 is 0 Å². The van der Waals surface area contributed by atoms with Crippen molar-refractivity contribution in [2.45, 2.75) is 13.0 Å². The van der Waals surface area contributed by atoms with Gasteiger partial charge in [0.2, 0.25) is 5.91 Å². The first kappa shape index (κ1) is 14.1. The summed E-state index contributed by atoms with van der Waals surface area (Å²) in [5.74, 6) is 0.435. The standard InChI is InChI=1S/C12H13Cl2N3O2/c1-6(15-11(18)5-19-2)12-16-9-3-7(13)8(14)4-10(9)17-12/h3-4,6H,5H2,1-2H3,(H,15,18)(H,16,17). The minimum Gasteiger partial charge on any atom is -0.375 e. The van der Waals surface area contributed by atoms with Crippen LogP contribution in [0.4, 0.5) is 0 Å². The minimum absolute atomic E-state index is 0.0161. The Balaban J connectivity index is 2.23. The van der Waals surface area contributed by atoms with E-state index in [4.69, 9.17) is 27.9 Å². The molecule has 2 N–H and O–H groups in total. The predicted octanol–water partition coefficient (Wildman–Crippen LogP) is 2.69. The maximum atomic E-state index is 11.4. The van der Waals surface area contributed by atoms with E-state index < -0.39 is 0 Å². The first-order valence-electron chi connectivity index (χ1n) is 5.64. The number of aromatic amines is 1. The Morgan fingerprint density at radius 3 is 2.84 bits per heavy atom. The van der Waals surface area contributed by atoms with Gasteiger partial charge in [-0.25, -0.2) is 4.98 Å². The Labute approximate surface area is 120 Å². The third-order valence-corrected chi connectivity index (χ3v) is 3.33. The number of ether oxygens (including phenoxy) is 1. The number of amides is 1. The fourth-order valence-corrected chi connectivity index (χ4v) is 2.03. The summed E-state index contributed by atoms with van der Waals surface area (Å²) in [6.07, 6.45) is 0. The number of carbonyl (C=O) groups excluding carboxylic acids is 1. The van der Waals surface area contributed by atoms with Crippen LogP contribution in [0.5, 0.6) is 0 Å². The lowest BCUT2D eigenvalue weighted by atomic mass is 10.3. The largest absolute Gasteiger partial charge is 0.375 e. The van der Waals surface area contributed by atoms with Gasteiger partial charge in [0.15, 0.2) is 0 Å². The summed E-state index contributed by atoms with van der Waals surface area (Å²) >= 11 is 11.9. The molecule has 1 atom stereocenters. The molecule has 7 heteroatoms. The molecule has 2 aromatic rings. The van der Waals surface area contributed by atoms with Gasteiger partial charge in [0.1, 0.15) is 12.4 Å². The monoisotopic (exact) mass is 301 g/mol. The summed E-state index contributed by atoms with van der Waals surface area (Å²) in [7, 11) is 1.47. The van der Waals surface area contributed by atoms with Crippen LogP contribution >= 0.6 is 23.2 Å². The molecule has 1 heterocycles. The van der Waals surface area contributed by atoms with Gasteiger partial charge < -0.3 is 15.0 Å². The van der Waals surface area contributed by atoms with Gasteiger partial charge in [-0.2, -0.15) is 0 Å². The number of methoxy groups -OCH3 is 1. The molecule has 0 saturated carbocycles. The van der Waals surface area contributed by atoms with E-state index in [1.807, 2.05) is 6.92 Å². The molecule has 0 bridgehead atoms. The zero-order valence-electron chi connectivity index (χ0n) is 10.5. The molecular formula is C12H13Cl2N3O2. The van der Waals surface area contributed by atoms with Crippen LogP contribution in [-0.2, 0) is 9.53 Å². The number of hydrogen-bond donors (Lipinski definition) is 2. The molecular weight excluding hydrogens is 289 g/mol. The van der Waals surface area contributed by atoms with E-state index in [0.717, 1.165) is 5.52 Å². The van der Waals surface area contributed by atoms with Crippen molar-refractivity contribution in [2.75, 3.05) is 13.7 Å². The fourth-order valence-electron chi connectivity index (χ4n) is 1.71. The van der Waals surface area contributed by atoms with Crippen LogP contribution in [0.25, 0.3) is 11.0 Å². The summed E-state index contributed by atoms with van der Waals surface area (Å²) in [5.41, 5.74) is 1.48. The molecule has 19 heavy (non-hydrogen) atoms. The van der Waals surface area contributed by atoms with Crippen molar-refractivity contribution < 1.29 is 9.53 Å². The molecule has 0 fully saturated rings. The zero-order valence-corrected chi connectivity index (χ0v) is 12.0. The molecule has 0 radical (unpaired) electrons. The van der Waals surface area contributed by atoms with E-state index in [2.05, 4.69) is 15.3 Å². The molecule has 1 unspecified atom stereocenters. The molecule has 0 saturated heterocycles. The zero-order chi connectivity index (χ0) is 14.0. The topological polar surface area (TPSA) is 67.0 Å². The van der Waals surface area contributed by atoms with Crippen LogP contribution < -0.4 is 5.32 Å². The highest BCUT2D eigenvalue weighted by molar-refractivity contribution is 6.42. The molecule has 2 rings (SSSR count). The van der Waals surface area contributed by atoms with E-state index in [-0.39, 0.29) is 18.6 Å². The molecule has 102 valence electrons. The van der Waals surface area contributed by atoms with Gasteiger partial charge in [0.05, 0.1) is 27.1 Å². The number of rotatable bonds is 4. The molecule has 5 nitrogen and oxygen atoms in total. The van der Waals surface area contributed by atoms with Gasteiger partial charge in [-0.1, -0.05) is 23.2 Å². The van der Waals surface area contributed by atoms with Crippen molar-refractivity contribution in [1.82, 2.24) is 15.3 Å². The van der Waals surface area contributed by atoms with Crippen molar-refractivity contribution >= 4 is 40.1 Å². The Morgan fingerprint density at radius 2 is 2.16 bits per heavy atom. The molecule has 0 aliphatic heterocycles. The van der Waals surface area contributed by atoms with Crippen LogP contribution in [0.1, 0.15) is 18.8 Å². The van der Waals surface area contributed by atoms with Gasteiger partial charge in [0, 0.05) is 7.11 Å². The Kier molecular flexibility index (Phi) is 4.29.